The Morgan fingerprint density at radius 1 is 0.360 bits per heavy atom. The largest absolute Gasteiger partial charge is 0.480 e. The quantitative estimate of drug-likeness (QED) is 0.0724. The van der Waals surface area contributed by atoms with Crippen molar-refractivity contribution in [2.75, 3.05) is 56.0 Å². The van der Waals surface area contributed by atoms with Crippen molar-refractivity contribution in [3.63, 3.8) is 0 Å². The number of aliphatic carboxylic acids is 2. The van der Waals surface area contributed by atoms with Crippen molar-refractivity contribution < 1.29 is 183 Å². The third-order valence-electron chi connectivity index (χ3n) is 16.2. The van der Waals surface area contributed by atoms with Crippen LogP contribution >= 0.6 is 23.5 Å². The van der Waals surface area contributed by atoms with E-state index in [-0.39, 0.29) is 5.75 Å². The zero-order valence-electron chi connectivity index (χ0n) is 46.7. The molecule has 36 atom stereocenters. The molecule has 0 amide bonds. The summed E-state index contributed by atoms with van der Waals surface area (Å²) in [5, 5.41) is 233. The predicted molar refractivity (Wildman–Crippen MR) is 280 cm³/mol. The number of carboxylic acids is 2. The lowest BCUT2D eigenvalue weighted by atomic mass is 9.95. The van der Waals surface area contributed by atoms with Crippen LogP contribution in [0.25, 0.3) is 0 Å². The number of rotatable bonds is 15. The number of aliphatic hydroxyl groups excluding tert-OH is 19. The molecule has 39 nitrogen and oxygen atoms in total. The lowest BCUT2D eigenvalue weighted by Gasteiger charge is -2.51. The van der Waals surface area contributed by atoms with Gasteiger partial charge in [-0.2, -0.15) is 23.5 Å². The summed E-state index contributed by atoms with van der Waals surface area (Å²) in [6, 6.07) is -3.00. The molecule has 0 aromatic rings. The van der Waals surface area contributed by atoms with Gasteiger partial charge in [0, 0.05) is 29.4 Å². The van der Waals surface area contributed by atoms with Crippen LogP contribution in [-0.4, -0.2) is 396 Å². The van der Waals surface area contributed by atoms with Crippen molar-refractivity contribution in [1.29, 1.82) is 0 Å². The van der Waals surface area contributed by atoms with Crippen LogP contribution in [0.5, 0.6) is 0 Å². The smallest absolute Gasteiger partial charge is 0.321 e. The second kappa shape index (κ2) is 31.4. The van der Waals surface area contributed by atoms with E-state index in [2.05, 4.69) is 0 Å². The molecule has 0 spiro atoms. The SMILES string of the molecule is N[C@H](CSCC1O[C@H]2O[C@@H]3C(CO)O[C@H](O[C@@H]4C(CO)O[C@H](O[C@@H]5C(CO)O[C@H](OC6(CSC[C@@H](N)C(=O)O)CC(O)C(O)[C@@H](O[C@@H]7C(CO)O[C@@H](O[C@@H]8C(CO)O[C@@H](O[C@H]1[C@H](O)C2O)C(O)C8O)C(O)C7O)O6)C(O)C5O)C(O)C4O)C(O)C3O)C(=O)O. The monoisotopic (exact) mass is 1340 g/mol. The molecular formula is C48H80N2O37S2. The third kappa shape index (κ3) is 15.9. The highest BCUT2D eigenvalue weighted by Crippen LogP contribution is 2.42. The molecule has 21 aliphatic heterocycles. The summed E-state index contributed by atoms with van der Waals surface area (Å²) >= 11 is 1.50. The molecule has 516 valence electrons. The number of hydrogen-bond donors (Lipinski definition) is 23. The molecule has 21 saturated heterocycles. The Morgan fingerprint density at radius 2 is 0.607 bits per heavy atom. The lowest BCUT2D eigenvalue weighted by Crippen LogP contribution is -2.69. The van der Waals surface area contributed by atoms with E-state index in [0.717, 1.165) is 11.8 Å². The van der Waals surface area contributed by atoms with Gasteiger partial charge in [0.05, 0.1) is 45.2 Å². The molecule has 41 heteroatoms. The first-order valence-corrected chi connectivity index (χ1v) is 30.3. The van der Waals surface area contributed by atoms with Crippen LogP contribution in [0.4, 0.5) is 0 Å². The molecule has 0 radical (unpaired) electrons. The second-order valence-electron chi connectivity index (χ2n) is 22.4. The highest BCUT2D eigenvalue weighted by Gasteiger charge is 2.60. The number of carboxylic acid groups (broad SMARTS) is 2. The minimum Gasteiger partial charge on any atom is -0.480 e. The van der Waals surface area contributed by atoms with Crippen LogP contribution in [0.15, 0.2) is 0 Å². The Labute approximate surface area is 511 Å². The van der Waals surface area contributed by atoms with Crippen molar-refractivity contribution >= 4 is 35.5 Å². The number of carbonyl (C=O) groups is 2. The Kier molecular flexibility index (Phi) is 25.8. The first-order valence-electron chi connectivity index (χ1n) is 28.0. The van der Waals surface area contributed by atoms with Crippen molar-refractivity contribution in [2.24, 2.45) is 11.5 Å². The molecule has 0 aromatic heterocycles. The van der Waals surface area contributed by atoms with Crippen LogP contribution in [-0.2, 0) is 75.9 Å². The van der Waals surface area contributed by atoms with E-state index in [4.69, 9.17) is 77.8 Å². The van der Waals surface area contributed by atoms with Gasteiger partial charge in [-0.05, 0) is 0 Å². The third-order valence-corrected chi connectivity index (χ3v) is 18.6. The number of ether oxygens (including phenoxy) is 14. The maximum atomic E-state index is 11.7. The van der Waals surface area contributed by atoms with Crippen molar-refractivity contribution in [3.05, 3.63) is 0 Å². The molecular weight excluding hydrogens is 1260 g/mol. The normalized spacial score (nSPS) is 50.1. The summed E-state index contributed by atoms with van der Waals surface area (Å²) in [7, 11) is 0. The average molecular weight is 1340 g/mol. The van der Waals surface area contributed by atoms with Crippen molar-refractivity contribution in [3.8, 4) is 0 Å². The molecule has 14 bridgehead atoms. The molecule has 0 saturated carbocycles. The molecule has 21 heterocycles. The minimum absolute atomic E-state index is 0.320. The Morgan fingerprint density at radius 3 is 0.910 bits per heavy atom. The summed E-state index contributed by atoms with van der Waals surface area (Å²) in [5.41, 5.74) is 11.4. The predicted octanol–water partition coefficient (Wildman–Crippen LogP) is -14.6. The molecule has 21 aliphatic rings. The van der Waals surface area contributed by atoms with Gasteiger partial charge in [-0.25, -0.2) is 0 Å². The molecule has 89 heavy (non-hydrogen) atoms. The van der Waals surface area contributed by atoms with Crippen molar-refractivity contribution in [1.82, 2.24) is 0 Å². The fraction of sp³-hybridized carbons (Fsp3) is 0.958. The van der Waals surface area contributed by atoms with Gasteiger partial charge in [0.25, 0.3) is 0 Å². The highest BCUT2D eigenvalue weighted by atomic mass is 32.2. The van der Waals surface area contributed by atoms with E-state index in [9.17, 15) is 117 Å². The van der Waals surface area contributed by atoms with Gasteiger partial charge >= 0.3 is 11.9 Å². The average Bonchev–Trinajstić information content (AvgIpc) is 1.47. The summed E-state index contributed by atoms with van der Waals surface area (Å²) < 4.78 is 82.1. The molecule has 21 fully saturated rings. The zero-order chi connectivity index (χ0) is 65.2. The Balaban J connectivity index is 1.13. The maximum Gasteiger partial charge on any atom is 0.321 e. The van der Waals surface area contributed by atoms with Gasteiger partial charge in [0.1, 0.15) is 159 Å². The van der Waals surface area contributed by atoms with E-state index in [1.54, 1.807) is 0 Å². The van der Waals surface area contributed by atoms with Crippen LogP contribution in [0, 0.1) is 0 Å². The second-order valence-corrected chi connectivity index (χ2v) is 24.5. The lowest BCUT2D eigenvalue weighted by molar-refractivity contribution is -0.433. The fourth-order valence-electron chi connectivity index (χ4n) is 11.2. The molecule has 21 rings (SSSR count). The summed E-state index contributed by atoms with van der Waals surface area (Å²) in [6.07, 6.45) is -69.1. The van der Waals surface area contributed by atoms with E-state index in [1.165, 1.54) is 0 Å². The van der Waals surface area contributed by atoms with Gasteiger partial charge < -0.3 is 185 Å². The van der Waals surface area contributed by atoms with E-state index >= 15 is 0 Å². The number of hydrogen-bond acceptors (Lipinski definition) is 39. The number of thioether (sulfide) groups is 2. The summed E-state index contributed by atoms with van der Waals surface area (Å²) in [5.74, 6) is -7.05. The van der Waals surface area contributed by atoms with Gasteiger partial charge in [-0.15, -0.1) is 0 Å². The van der Waals surface area contributed by atoms with Crippen LogP contribution in [0.2, 0.25) is 0 Å². The first-order chi connectivity index (χ1) is 42.1. The molecule has 0 aliphatic carbocycles. The summed E-state index contributed by atoms with van der Waals surface area (Å²) in [6.45, 7) is -5.50. The molecule has 0 aromatic carbocycles. The van der Waals surface area contributed by atoms with E-state index in [0.29, 0.717) is 11.8 Å². The minimum atomic E-state index is -2.45. The number of nitrogens with two attached hydrogens (primary N) is 2. The number of aliphatic hydroxyl groups is 19. The van der Waals surface area contributed by atoms with Gasteiger partial charge in [-0.1, -0.05) is 0 Å². The van der Waals surface area contributed by atoms with E-state index < -0.39 is 289 Å². The van der Waals surface area contributed by atoms with Crippen LogP contribution in [0.1, 0.15) is 6.42 Å². The Bertz CT molecular complexity index is 2240. The van der Waals surface area contributed by atoms with Crippen molar-refractivity contribution in [2.45, 2.75) is 227 Å². The zero-order valence-corrected chi connectivity index (χ0v) is 48.3. The van der Waals surface area contributed by atoms with Gasteiger partial charge in [0.2, 0.25) is 0 Å². The van der Waals surface area contributed by atoms with Crippen LogP contribution < -0.4 is 11.5 Å². The maximum absolute atomic E-state index is 11.7. The fourth-order valence-corrected chi connectivity index (χ4v) is 13.3. The Hall–Kier alpha value is -1.76. The van der Waals surface area contributed by atoms with Crippen LogP contribution in [0.3, 0.4) is 0 Å². The standard InChI is InChI=1S/C48H80N2O37S2/c49-11(39(70)71)7-88-9-19-38-25(62)31(68)45(79-19)83-35-16(4-53)75-41(28(65)22(35)59)80-33-14(2-51)74-42(27(64)21(33)58)82-36-18(6-55)78-47(32(69)26(36)63)87-48(10-89-8-12(50)40(72)73)1-13(56)20(57)46(86-48)85-37-17(5-54)77-43(30(67)24(37)61)81-34-15(3-52)76-44(84-38)29(66)23(34)60/h11-38,41-47,51-69H,1-10,49-50H2,(H,70,71)(H,72,73)/t11-,12-,13?,14?,15?,16?,17?,18?,19?,20?,21?,22?,23?,24?,25-,26?,27?,28?,29?,30?,31?,32?,33-,34-,35-,36-,37-,38-,41-,42-,43+,44+,45+,46+,47-,48?/m1/s1. The highest BCUT2D eigenvalue weighted by molar-refractivity contribution is 7.99. The molecule has 20 unspecified atom stereocenters. The van der Waals surface area contributed by atoms with Gasteiger partial charge in [0.15, 0.2) is 49.8 Å². The first kappa shape index (κ1) is 73.1. The topological polar surface area (TPSA) is 640 Å². The molecule has 25 N–H and O–H groups in total. The van der Waals surface area contributed by atoms with E-state index in [1.807, 2.05) is 0 Å². The van der Waals surface area contributed by atoms with Gasteiger partial charge in [-0.3, -0.25) is 9.59 Å². The summed E-state index contributed by atoms with van der Waals surface area (Å²) in [4.78, 5) is 23.3.